The van der Waals surface area contributed by atoms with Crippen LogP contribution in [0.3, 0.4) is 0 Å². The molecule has 6 heteroatoms. The van der Waals surface area contributed by atoms with Gasteiger partial charge in [0.2, 0.25) is 0 Å². The topological polar surface area (TPSA) is 51.8 Å². The van der Waals surface area contributed by atoms with Crippen molar-refractivity contribution in [1.29, 1.82) is 0 Å². The molecule has 66 valence electrons. The van der Waals surface area contributed by atoms with Crippen LogP contribution in [0.1, 0.15) is 5.69 Å². The van der Waals surface area contributed by atoms with Crippen molar-refractivity contribution in [3.8, 4) is 10.7 Å². The Balaban J connectivity index is 2.39. The smallest absolute Gasteiger partial charge is 0.143 e. The van der Waals surface area contributed by atoms with Crippen molar-refractivity contribution in [3.63, 3.8) is 0 Å². The fourth-order valence-corrected chi connectivity index (χ4v) is 2.40. The highest BCUT2D eigenvalue weighted by Gasteiger charge is 2.07. The summed E-state index contributed by atoms with van der Waals surface area (Å²) < 4.78 is 0. The maximum atomic E-state index is 5.44. The Hall–Kier alpha value is -0.850. The molecule has 13 heavy (non-hydrogen) atoms. The van der Waals surface area contributed by atoms with Gasteiger partial charge in [-0.3, -0.25) is 0 Å². The maximum Gasteiger partial charge on any atom is 0.143 e. The quantitative estimate of drug-likeness (QED) is 0.796. The Kier molecular flexibility index (Phi) is 2.34. The zero-order valence-electron chi connectivity index (χ0n) is 6.43. The van der Waals surface area contributed by atoms with Crippen molar-refractivity contribution in [2.75, 3.05) is 0 Å². The van der Waals surface area contributed by atoms with E-state index in [9.17, 15) is 0 Å². The molecule has 2 aromatic rings. The van der Waals surface area contributed by atoms with Crippen molar-refractivity contribution in [2.45, 2.75) is 0 Å². The summed E-state index contributed by atoms with van der Waals surface area (Å²) in [6.07, 6.45) is 0. The van der Waals surface area contributed by atoms with E-state index in [1.165, 1.54) is 11.3 Å². The molecule has 0 atom stereocenters. The molecule has 0 aromatic carbocycles. The molecule has 2 heterocycles. The predicted molar refractivity (Wildman–Crippen MR) is 59.1 cm³/mol. The summed E-state index contributed by atoms with van der Waals surface area (Å²) >= 11 is 7.85. The van der Waals surface area contributed by atoms with Crippen LogP contribution in [0.25, 0.3) is 10.7 Å². The lowest BCUT2D eigenvalue weighted by atomic mass is 10.5. The molecule has 0 aliphatic heterocycles. The first-order chi connectivity index (χ1) is 6.27. The molecule has 0 amide bonds. The van der Waals surface area contributed by atoms with Gasteiger partial charge in [0.25, 0.3) is 0 Å². The number of thiazole rings is 2. The summed E-state index contributed by atoms with van der Waals surface area (Å²) in [7, 11) is 0. The first kappa shape index (κ1) is 8.74. The monoisotopic (exact) mass is 227 g/mol. The molecule has 0 saturated heterocycles. The van der Waals surface area contributed by atoms with Crippen LogP contribution in [0.5, 0.6) is 0 Å². The van der Waals surface area contributed by atoms with E-state index in [1.54, 1.807) is 16.8 Å². The van der Waals surface area contributed by atoms with Gasteiger partial charge in [-0.1, -0.05) is 12.2 Å². The molecule has 0 bridgehead atoms. The summed E-state index contributed by atoms with van der Waals surface area (Å²) in [6.45, 7) is 0. The van der Waals surface area contributed by atoms with Crippen LogP contribution >= 0.6 is 34.9 Å². The first-order valence-electron chi connectivity index (χ1n) is 3.41. The number of nitrogens with two attached hydrogens (primary N) is 1. The molecule has 0 spiro atoms. The van der Waals surface area contributed by atoms with E-state index in [4.69, 9.17) is 18.0 Å². The molecule has 0 aliphatic rings. The van der Waals surface area contributed by atoms with Gasteiger partial charge in [-0.05, 0) is 0 Å². The Bertz CT molecular complexity index is 418. The third kappa shape index (κ3) is 1.74. The summed E-state index contributed by atoms with van der Waals surface area (Å²) in [5.74, 6) is 0. The Morgan fingerprint density at radius 2 is 2.31 bits per heavy atom. The molecule has 0 aliphatic carbocycles. The van der Waals surface area contributed by atoms with Gasteiger partial charge < -0.3 is 5.73 Å². The van der Waals surface area contributed by atoms with Crippen LogP contribution in [0.15, 0.2) is 16.3 Å². The number of rotatable bonds is 2. The Labute approximate surface area is 88.3 Å². The highest BCUT2D eigenvalue weighted by atomic mass is 32.1. The fraction of sp³-hybridized carbons (Fsp3) is 0. The largest absolute Gasteiger partial charge is 0.388 e. The summed E-state index contributed by atoms with van der Waals surface area (Å²) in [4.78, 5) is 8.72. The Morgan fingerprint density at radius 3 is 2.85 bits per heavy atom. The Morgan fingerprint density at radius 1 is 1.46 bits per heavy atom. The lowest BCUT2D eigenvalue weighted by Gasteiger charge is -1.87. The molecule has 0 fully saturated rings. The molecule has 3 nitrogen and oxygen atoms in total. The van der Waals surface area contributed by atoms with Gasteiger partial charge in [0.15, 0.2) is 0 Å². The van der Waals surface area contributed by atoms with E-state index in [0.717, 1.165) is 10.7 Å². The van der Waals surface area contributed by atoms with Crippen LogP contribution in [0, 0.1) is 0 Å². The third-order valence-corrected chi connectivity index (χ3v) is 3.07. The lowest BCUT2D eigenvalue weighted by molar-refractivity contribution is 1.32. The van der Waals surface area contributed by atoms with Gasteiger partial charge in [0, 0.05) is 10.8 Å². The average Bonchev–Trinajstić information content (AvgIpc) is 2.75. The van der Waals surface area contributed by atoms with Gasteiger partial charge >= 0.3 is 0 Å². The first-order valence-corrected chi connectivity index (χ1v) is 5.64. The van der Waals surface area contributed by atoms with E-state index < -0.39 is 0 Å². The second-order valence-corrected chi connectivity index (χ2v) is 4.29. The zero-order chi connectivity index (χ0) is 9.26. The molecule has 0 saturated carbocycles. The summed E-state index contributed by atoms with van der Waals surface area (Å²) in [5, 5.41) is 4.66. The molecule has 0 unspecified atom stereocenters. The minimum absolute atomic E-state index is 0.331. The lowest BCUT2D eigenvalue weighted by Crippen LogP contribution is -2.09. The maximum absolute atomic E-state index is 5.44. The summed E-state index contributed by atoms with van der Waals surface area (Å²) in [6, 6.07) is 0. The normalized spacial score (nSPS) is 10.2. The minimum atomic E-state index is 0.331. The van der Waals surface area contributed by atoms with Crippen molar-refractivity contribution in [2.24, 2.45) is 5.73 Å². The molecular weight excluding hydrogens is 222 g/mol. The van der Waals surface area contributed by atoms with E-state index in [2.05, 4.69) is 9.97 Å². The van der Waals surface area contributed by atoms with Crippen molar-refractivity contribution < 1.29 is 0 Å². The van der Waals surface area contributed by atoms with E-state index in [0.29, 0.717) is 10.7 Å². The van der Waals surface area contributed by atoms with Gasteiger partial charge in [0.05, 0.1) is 5.51 Å². The predicted octanol–water partition coefficient (Wildman–Crippen LogP) is 1.90. The van der Waals surface area contributed by atoms with E-state index >= 15 is 0 Å². The van der Waals surface area contributed by atoms with Crippen LogP contribution in [0.2, 0.25) is 0 Å². The van der Waals surface area contributed by atoms with E-state index in [1.807, 2.05) is 10.8 Å². The molecule has 0 radical (unpaired) electrons. The summed E-state index contributed by atoms with van der Waals surface area (Å²) in [5.41, 5.74) is 8.77. The van der Waals surface area contributed by atoms with Crippen LogP contribution in [-0.2, 0) is 0 Å². The van der Waals surface area contributed by atoms with Crippen molar-refractivity contribution >= 4 is 39.9 Å². The second-order valence-electron chi connectivity index (χ2n) is 2.28. The number of nitrogens with zero attached hydrogens (tertiary/aromatic N) is 2. The molecule has 2 aromatic heterocycles. The SMILES string of the molecule is NC(=S)c1csc(-c2cscn2)n1. The average molecular weight is 227 g/mol. The van der Waals surface area contributed by atoms with Crippen LogP contribution in [-0.4, -0.2) is 15.0 Å². The number of hydrogen-bond acceptors (Lipinski definition) is 5. The van der Waals surface area contributed by atoms with Crippen molar-refractivity contribution in [3.05, 3.63) is 22.0 Å². The molecule has 2 rings (SSSR count). The standard InChI is InChI=1S/C7H5N3S3/c8-6(11)4-2-13-7(10-4)5-1-12-3-9-5/h1-3H,(H2,8,11). The second kappa shape index (κ2) is 3.49. The zero-order valence-corrected chi connectivity index (χ0v) is 8.88. The van der Waals surface area contributed by atoms with Gasteiger partial charge in [0.1, 0.15) is 21.4 Å². The van der Waals surface area contributed by atoms with Gasteiger partial charge in [-0.15, -0.1) is 22.7 Å². The minimum Gasteiger partial charge on any atom is -0.388 e. The van der Waals surface area contributed by atoms with Crippen molar-refractivity contribution in [1.82, 2.24) is 9.97 Å². The molecular formula is C7H5N3S3. The number of hydrogen-bond donors (Lipinski definition) is 1. The highest BCUT2D eigenvalue weighted by Crippen LogP contribution is 2.22. The van der Waals surface area contributed by atoms with Crippen LogP contribution in [0.4, 0.5) is 0 Å². The highest BCUT2D eigenvalue weighted by molar-refractivity contribution is 7.80. The van der Waals surface area contributed by atoms with E-state index in [-0.39, 0.29) is 0 Å². The third-order valence-electron chi connectivity index (χ3n) is 1.41. The number of thiocarbonyl (C=S) groups is 1. The van der Waals surface area contributed by atoms with Crippen LogP contribution < -0.4 is 5.73 Å². The number of aromatic nitrogens is 2. The molecule has 2 N–H and O–H groups in total. The van der Waals surface area contributed by atoms with Gasteiger partial charge in [-0.2, -0.15) is 0 Å². The van der Waals surface area contributed by atoms with Gasteiger partial charge in [-0.25, -0.2) is 9.97 Å². The fourth-order valence-electron chi connectivity index (χ4n) is 0.823.